The summed E-state index contributed by atoms with van der Waals surface area (Å²) in [6.07, 6.45) is 11.2. The number of rotatable bonds is 6. The second kappa shape index (κ2) is 11.9. The SMILES string of the molecule is COc1ccc(C2(c3ccc(N4CCCCC4)cc3)C=Cc3c(c(C(=O)N4CCCCC4)cc4ccccc34)O2)c(OC)c1. The first-order chi connectivity index (χ1) is 21.6. The van der Waals surface area contributed by atoms with Crippen molar-refractivity contribution in [3.63, 3.8) is 0 Å². The van der Waals surface area contributed by atoms with Crippen LogP contribution in [-0.4, -0.2) is 51.2 Å². The minimum atomic E-state index is -1.04. The van der Waals surface area contributed by atoms with Crippen molar-refractivity contribution in [1.82, 2.24) is 4.90 Å². The molecule has 3 aliphatic rings. The zero-order chi connectivity index (χ0) is 30.1. The summed E-state index contributed by atoms with van der Waals surface area (Å²) >= 11 is 0. The quantitative estimate of drug-likeness (QED) is 0.230. The van der Waals surface area contributed by atoms with Crippen molar-refractivity contribution < 1.29 is 19.0 Å². The Bertz CT molecular complexity index is 1700. The van der Waals surface area contributed by atoms with Crippen LogP contribution in [0.1, 0.15) is 65.6 Å². The summed E-state index contributed by atoms with van der Waals surface area (Å²) in [6.45, 7) is 3.70. The van der Waals surface area contributed by atoms with Gasteiger partial charge in [0.1, 0.15) is 17.2 Å². The lowest BCUT2D eigenvalue weighted by Gasteiger charge is -2.39. The molecule has 4 aromatic carbocycles. The molecular weight excluding hydrogens is 548 g/mol. The number of piperidine rings is 2. The van der Waals surface area contributed by atoms with Gasteiger partial charge in [0.25, 0.3) is 5.91 Å². The van der Waals surface area contributed by atoms with Gasteiger partial charge >= 0.3 is 0 Å². The van der Waals surface area contributed by atoms with Crippen molar-refractivity contribution in [3.05, 3.63) is 101 Å². The molecule has 3 aliphatic heterocycles. The number of ether oxygens (including phenoxy) is 3. The van der Waals surface area contributed by atoms with Crippen molar-refractivity contribution >= 4 is 28.4 Å². The second-order valence-electron chi connectivity index (χ2n) is 12.1. The summed E-state index contributed by atoms with van der Waals surface area (Å²) in [4.78, 5) is 18.6. The van der Waals surface area contributed by atoms with Gasteiger partial charge in [0.2, 0.25) is 0 Å². The van der Waals surface area contributed by atoms with E-state index in [0.717, 1.165) is 72.9 Å². The number of fused-ring (bicyclic) bond motifs is 3. The molecule has 3 heterocycles. The molecule has 0 aliphatic carbocycles. The molecule has 0 aromatic heterocycles. The first kappa shape index (κ1) is 28.3. The minimum Gasteiger partial charge on any atom is -0.497 e. The lowest BCUT2D eigenvalue weighted by molar-refractivity contribution is 0.0712. The summed E-state index contributed by atoms with van der Waals surface area (Å²) in [5.74, 6) is 1.99. The van der Waals surface area contributed by atoms with Gasteiger partial charge in [-0.1, -0.05) is 36.4 Å². The highest BCUT2D eigenvalue weighted by atomic mass is 16.5. The number of nitrogens with zero attached hydrogens (tertiary/aromatic N) is 2. The Hall–Kier alpha value is -4.45. The van der Waals surface area contributed by atoms with Crippen LogP contribution >= 0.6 is 0 Å². The highest BCUT2D eigenvalue weighted by Crippen LogP contribution is 2.49. The van der Waals surface area contributed by atoms with Crippen molar-refractivity contribution in [2.75, 3.05) is 45.3 Å². The van der Waals surface area contributed by atoms with Crippen LogP contribution in [0.5, 0.6) is 17.2 Å². The molecule has 0 spiro atoms. The lowest BCUT2D eigenvalue weighted by Crippen LogP contribution is -2.38. The largest absolute Gasteiger partial charge is 0.497 e. The van der Waals surface area contributed by atoms with Crippen LogP contribution < -0.4 is 19.1 Å². The van der Waals surface area contributed by atoms with E-state index in [0.29, 0.717) is 22.8 Å². The number of carbonyl (C=O) groups excluding carboxylic acids is 1. The Morgan fingerprint density at radius 2 is 1.52 bits per heavy atom. The van der Waals surface area contributed by atoms with Gasteiger partial charge in [-0.15, -0.1) is 0 Å². The summed E-state index contributed by atoms with van der Waals surface area (Å²) in [6, 6.07) is 24.8. The monoisotopic (exact) mass is 588 g/mol. The molecule has 0 bridgehead atoms. The molecule has 2 saturated heterocycles. The molecule has 44 heavy (non-hydrogen) atoms. The molecule has 1 amide bonds. The van der Waals surface area contributed by atoms with Crippen LogP contribution in [-0.2, 0) is 5.60 Å². The summed E-state index contributed by atoms with van der Waals surface area (Å²) < 4.78 is 18.8. The van der Waals surface area contributed by atoms with Crippen LogP contribution in [0.2, 0.25) is 0 Å². The van der Waals surface area contributed by atoms with Gasteiger partial charge < -0.3 is 24.0 Å². The van der Waals surface area contributed by atoms with E-state index in [1.165, 1.54) is 24.9 Å². The summed E-state index contributed by atoms with van der Waals surface area (Å²) in [7, 11) is 3.32. The van der Waals surface area contributed by atoms with Crippen LogP contribution in [0.3, 0.4) is 0 Å². The van der Waals surface area contributed by atoms with Crippen molar-refractivity contribution in [2.45, 2.75) is 44.1 Å². The van der Waals surface area contributed by atoms with Crippen molar-refractivity contribution in [3.8, 4) is 17.2 Å². The Morgan fingerprint density at radius 1 is 0.795 bits per heavy atom. The molecule has 6 nitrogen and oxygen atoms in total. The summed E-state index contributed by atoms with van der Waals surface area (Å²) in [5, 5.41) is 2.09. The van der Waals surface area contributed by atoms with Crippen LogP contribution in [0.4, 0.5) is 5.69 Å². The summed E-state index contributed by atoms with van der Waals surface area (Å²) in [5.41, 5.74) is 3.52. The van der Waals surface area contributed by atoms with Crippen LogP contribution in [0.25, 0.3) is 16.8 Å². The first-order valence-electron chi connectivity index (χ1n) is 15.9. The van der Waals surface area contributed by atoms with Gasteiger partial charge in [-0.05, 0) is 91.8 Å². The maximum absolute atomic E-state index is 14.2. The van der Waals surface area contributed by atoms with E-state index in [2.05, 4.69) is 53.5 Å². The fraction of sp³-hybridized carbons (Fsp3) is 0.342. The van der Waals surface area contributed by atoms with E-state index in [1.54, 1.807) is 14.2 Å². The highest BCUT2D eigenvalue weighted by Gasteiger charge is 2.42. The van der Waals surface area contributed by atoms with Crippen LogP contribution in [0, 0.1) is 0 Å². The molecule has 1 unspecified atom stereocenters. The zero-order valence-electron chi connectivity index (χ0n) is 25.7. The minimum absolute atomic E-state index is 0.0260. The lowest BCUT2D eigenvalue weighted by atomic mass is 9.82. The maximum atomic E-state index is 14.2. The average molecular weight is 589 g/mol. The molecule has 7 rings (SSSR count). The number of hydrogen-bond acceptors (Lipinski definition) is 5. The van der Waals surface area contributed by atoms with E-state index in [4.69, 9.17) is 14.2 Å². The maximum Gasteiger partial charge on any atom is 0.257 e. The van der Waals surface area contributed by atoms with Gasteiger partial charge in [0, 0.05) is 54.6 Å². The average Bonchev–Trinajstić information content (AvgIpc) is 3.11. The van der Waals surface area contributed by atoms with Crippen molar-refractivity contribution in [1.29, 1.82) is 0 Å². The highest BCUT2D eigenvalue weighted by molar-refractivity contribution is 6.06. The van der Waals surface area contributed by atoms with Gasteiger partial charge in [-0.25, -0.2) is 0 Å². The molecule has 226 valence electrons. The topological polar surface area (TPSA) is 51.2 Å². The molecule has 0 saturated carbocycles. The predicted octanol–water partition coefficient (Wildman–Crippen LogP) is 7.82. The third-order valence-corrected chi connectivity index (χ3v) is 9.49. The fourth-order valence-corrected chi connectivity index (χ4v) is 7.09. The molecule has 0 radical (unpaired) electrons. The number of methoxy groups -OCH3 is 2. The van der Waals surface area contributed by atoms with E-state index in [1.807, 2.05) is 41.3 Å². The number of amides is 1. The Balaban J connectivity index is 1.41. The van der Waals surface area contributed by atoms with Crippen LogP contribution in [0.15, 0.2) is 78.9 Å². The van der Waals surface area contributed by atoms with Gasteiger partial charge in [-0.2, -0.15) is 0 Å². The number of benzene rings is 4. The van der Waals surface area contributed by atoms with E-state index in [9.17, 15) is 4.79 Å². The normalized spacial score (nSPS) is 19.8. The molecular formula is C38H40N2O4. The fourth-order valence-electron chi connectivity index (χ4n) is 7.09. The molecule has 4 aromatic rings. The Labute approximate surface area is 259 Å². The third-order valence-electron chi connectivity index (χ3n) is 9.49. The number of likely N-dealkylation sites (tertiary alicyclic amines) is 1. The van der Waals surface area contributed by atoms with E-state index in [-0.39, 0.29) is 5.91 Å². The van der Waals surface area contributed by atoms with Gasteiger partial charge in [-0.3, -0.25) is 4.79 Å². The smallest absolute Gasteiger partial charge is 0.257 e. The van der Waals surface area contributed by atoms with Crippen molar-refractivity contribution in [2.24, 2.45) is 0 Å². The molecule has 6 heteroatoms. The third kappa shape index (κ3) is 4.96. The molecule has 2 fully saturated rings. The first-order valence-corrected chi connectivity index (χ1v) is 15.9. The molecule has 1 atom stereocenters. The Kier molecular flexibility index (Phi) is 7.67. The van der Waals surface area contributed by atoms with Gasteiger partial charge in [0.15, 0.2) is 5.60 Å². The number of hydrogen-bond donors (Lipinski definition) is 0. The number of anilines is 1. The van der Waals surface area contributed by atoms with E-state index < -0.39 is 5.60 Å². The molecule has 0 N–H and O–H groups in total. The predicted molar refractivity (Wildman–Crippen MR) is 176 cm³/mol. The standard InChI is InChI=1S/C38H40N2O4/c1-42-30-17-18-34(35(26-30)43-2)38(28-13-15-29(16-14-28)39-21-7-3-8-22-39)20-19-32-31-12-6-5-11-27(31)25-33(36(32)44-38)37(41)40-23-9-4-10-24-40/h5-6,11-20,25-26H,3-4,7-10,21-24H2,1-2H3. The zero-order valence-corrected chi connectivity index (χ0v) is 25.7. The number of carbonyl (C=O) groups is 1. The Morgan fingerprint density at radius 3 is 2.25 bits per heavy atom. The van der Waals surface area contributed by atoms with E-state index >= 15 is 0 Å². The second-order valence-corrected chi connectivity index (χ2v) is 12.1. The van der Waals surface area contributed by atoms with Gasteiger partial charge in [0.05, 0.1) is 19.8 Å².